The number of hydrogen-bond donors (Lipinski definition) is 0. The molecule has 1 aromatic carbocycles. The molecule has 0 atom stereocenters. The molecule has 0 saturated carbocycles. The SMILES string of the molecule is CCCCCCCCC=CCCCCCCCCOc1cc(CN(C)C)cc(OCCCCCCCCC=CCCCCCCCC)c1. The average Bonchev–Trinajstić information content (AvgIpc) is 3.07. The molecule has 3 nitrogen and oxygen atoms in total. The molecule has 1 rings (SSSR count). The molecular formula is C45H81NO2. The highest BCUT2D eigenvalue weighted by Gasteiger charge is 2.06. The Balaban J connectivity index is 2.09. The smallest absolute Gasteiger partial charge is 0.123 e. The minimum Gasteiger partial charge on any atom is -0.493 e. The van der Waals surface area contributed by atoms with E-state index in [9.17, 15) is 0 Å². The fourth-order valence-corrected chi connectivity index (χ4v) is 6.33. The van der Waals surface area contributed by atoms with Crippen LogP contribution < -0.4 is 9.47 Å². The first-order chi connectivity index (χ1) is 23.7. The van der Waals surface area contributed by atoms with Crippen molar-refractivity contribution in [2.75, 3.05) is 27.3 Å². The van der Waals surface area contributed by atoms with Crippen molar-refractivity contribution in [3.8, 4) is 11.5 Å². The van der Waals surface area contributed by atoms with E-state index in [1.807, 2.05) is 0 Å². The van der Waals surface area contributed by atoms with Gasteiger partial charge in [0, 0.05) is 12.6 Å². The summed E-state index contributed by atoms with van der Waals surface area (Å²) in [5, 5.41) is 0. The van der Waals surface area contributed by atoms with Crippen molar-refractivity contribution in [2.45, 2.75) is 200 Å². The Morgan fingerprint density at radius 1 is 0.417 bits per heavy atom. The second-order valence-electron chi connectivity index (χ2n) is 14.6. The van der Waals surface area contributed by atoms with Gasteiger partial charge in [-0.15, -0.1) is 0 Å². The van der Waals surface area contributed by atoms with E-state index in [0.717, 1.165) is 44.1 Å². The largest absolute Gasteiger partial charge is 0.493 e. The third-order valence-electron chi connectivity index (χ3n) is 9.29. The lowest BCUT2D eigenvalue weighted by atomic mass is 10.1. The first kappa shape index (κ1) is 44.3. The predicted molar refractivity (Wildman–Crippen MR) is 214 cm³/mol. The molecule has 0 bridgehead atoms. The van der Waals surface area contributed by atoms with Crippen molar-refractivity contribution in [3.05, 3.63) is 48.1 Å². The van der Waals surface area contributed by atoms with Gasteiger partial charge in [-0.3, -0.25) is 0 Å². The third-order valence-corrected chi connectivity index (χ3v) is 9.29. The highest BCUT2D eigenvalue weighted by atomic mass is 16.5. The molecule has 1 aromatic rings. The monoisotopic (exact) mass is 668 g/mol. The van der Waals surface area contributed by atoms with Gasteiger partial charge in [-0.25, -0.2) is 0 Å². The summed E-state index contributed by atoms with van der Waals surface area (Å²) in [5.74, 6) is 1.91. The predicted octanol–water partition coefficient (Wildman–Crippen LogP) is 14.6. The summed E-state index contributed by atoms with van der Waals surface area (Å²) in [7, 11) is 4.24. The van der Waals surface area contributed by atoms with Crippen LogP contribution in [-0.2, 0) is 6.54 Å². The van der Waals surface area contributed by atoms with Gasteiger partial charge < -0.3 is 14.4 Å². The first-order valence-electron chi connectivity index (χ1n) is 21.0. The summed E-state index contributed by atoms with van der Waals surface area (Å²) in [5.41, 5.74) is 1.26. The van der Waals surface area contributed by atoms with E-state index in [-0.39, 0.29) is 0 Å². The summed E-state index contributed by atoms with van der Waals surface area (Å²) in [6.45, 7) is 7.06. The Hall–Kier alpha value is -1.74. The highest BCUT2D eigenvalue weighted by molar-refractivity contribution is 5.38. The van der Waals surface area contributed by atoms with Gasteiger partial charge in [-0.2, -0.15) is 0 Å². The van der Waals surface area contributed by atoms with Crippen LogP contribution in [0.15, 0.2) is 42.5 Å². The molecule has 278 valence electrons. The minimum atomic E-state index is 0.793. The van der Waals surface area contributed by atoms with E-state index in [1.165, 1.54) is 173 Å². The summed E-state index contributed by atoms with van der Waals surface area (Å²) in [6, 6.07) is 6.48. The molecule has 0 aliphatic heterocycles. The van der Waals surface area contributed by atoms with Crippen molar-refractivity contribution < 1.29 is 9.47 Å². The topological polar surface area (TPSA) is 21.7 Å². The fourth-order valence-electron chi connectivity index (χ4n) is 6.33. The van der Waals surface area contributed by atoms with Crippen LogP contribution in [0.25, 0.3) is 0 Å². The Morgan fingerprint density at radius 2 is 0.729 bits per heavy atom. The maximum absolute atomic E-state index is 6.21. The normalized spacial score (nSPS) is 11.9. The molecule has 0 spiro atoms. The molecule has 48 heavy (non-hydrogen) atoms. The van der Waals surface area contributed by atoms with Crippen LogP contribution in [0.4, 0.5) is 0 Å². The summed E-state index contributed by atoms with van der Waals surface area (Å²) >= 11 is 0. The number of allylic oxidation sites excluding steroid dienone is 4. The van der Waals surface area contributed by atoms with E-state index in [1.54, 1.807) is 0 Å². The zero-order valence-corrected chi connectivity index (χ0v) is 32.7. The van der Waals surface area contributed by atoms with Crippen molar-refractivity contribution >= 4 is 0 Å². The lowest BCUT2D eigenvalue weighted by Crippen LogP contribution is -2.11. The lowest BCUT2D eigenvalue weighted by Gasteiger charge is -2.15. The van der Waals surface area contributed by atoms with E-state index in [0.29, 0.717) is 0 Å². The number of unbranched alkanes of at least 4 members (excludes halogenated alkanes) is 24. The quantitative estimate of drug-likeness (QED) is 0.0525. The maximum Gasteiger partial charge on any atom is 0.123 e. The van der Waals surface area contributed by atoms with Crippen LogP contribution >= 0.6 is 0 Å². The number of ether oxygens (including phenoxy) is 2. The highest BCUT2D eigenvalue weighted by Crippen LogP contribution is 2.25. The Labute approximate surface area is 300 Å². The van der Waals surface area contributed by atoms with Crippen LogP contribution in [0.3, 0.4) is 0 Å². The van der Waals surface area contributed by atoms with Crippen LogP contribution in [0.5, 0.6) is 11.5 Å². The van der Waals surface area contributed by atoms with Gasteiger partial charge in [0.2, 0.25) is 0 Å². The average molecular weight is 668 g/mol. The molecule has 3 heteroatoms. The van der Waals surface area contributed by atoms with Crippen molar-refractivity contribution in [1.82, 2.24) is 4.90 Å². The van der Waals surface area contributed by atoms with Crippen LogP contribution in [0.2, 0.25) is 0 Å². The molecule has 0 N–H and O–H groups in total. The molecule has 0 fully saturated rings. The molecule has 0 aliphatic carbocycles. The fraction of sp³-hybridized carbons (Fsp3) is 0.778. The molecule has 0 unspecified atom stereocenters. The number of benzene rings is 1. The second kappa shape index (κ2) is 35.1. The van der Waals surface area contributed by atoms with Gasteiger partial charge in [0.15, 0.2) is 0 Å². The van der Waals surface area contributed by atoms with Gasteiger partial charge in [-0.05, 0) is 96.0 Å². The Bertz CT molecular complexity index is 798. The van der Waals surface area contributed by atoms with Gasteiger partial charge in [0.25, 0.3) is 0 Å². The van der Waals surface area contributed by atoms with Gasteiger partial charge >= 0.3 is 0 Å². The molecule has 0 heterocycles. The van der Waals surface area contributed by atoms with Crippen molar-refractivity contribution in [1.29, 1.82) is 0 Å². The zero-order chi connectivity index (χ0) is 34.6. The number of hydrogen-bond acceptors (Lipinski definition) is 3. The van der Waals surface area contributed by atoms with Gasteiger partial charge in [0.1, 0.15) is 11.5 Å². The summed E-state index contributed by atoms with van der Waals surface area (Å²) < 4.78 is 12.4. The van der Waals surface area contributed by atoms with E-state index in [2.05, 4.69) is 75.3 Å². The molecule has 0 radical (unpaired) electrons. The van der Waals surface area contributed by atoms with E-state index < -0.39 is 0 Å². The first-order valence-corrected chi connectivity index (χ1v) is 21.0. The van der Waals surface area contributed by atoms with E-state index >= 15 is 0 Å². The molecule has 0 amide bonds. The molecule has 0 saturated heterocycles. The van der Waals surface area contributed by atoms with Gasteiger partial charge in [0.05, 0.1) is 13.2 Å². The standard InChI is InChI=1S/C45H81NO2/c1-5-7-9-11-13-15-17-19-21-23-25-27-29-31-33-35-37-47-44-39-43(42-46(3)4)40-45(41-44)48-38-36-34-32-30-28-26-24-22-20-18-16-14-12-10-8-6-2/h19-22,39-41H,5-18,23-38,42H2,1-4H3. The van der Waals surface area contributed by atoms with Crippen LogP contribution in [0.1, 0.15) is 199 Å². The number of rotatable bonds is 36. The van der Waals surface area contributed by atoms with Crippen LogP contribution in [-0.4, -0.2) is 32.2 Å². The summed E-state index contributed by atoms with van der Waals surface area (Å²) in [6.07, 6.45) is 46.9. The minimum absolute atomic E-state index is 0.793. The third kappa shape index (κ3) is 30.3. The molecule has 0 aliphatic rings. The summed E-state index contributed by atoms with van der Waals surface area (Å²) in [4.78, 5) is 2.21. The molecular weight excluding hydrogens is 587 g/mol. The zero-order valence-electron chi connectivity index (χ0n) is 32.7. The van der Waals surface area contributed by atoms with Crippen LogP contribution in [0, 0.1) is 0 Å². The van der Waals surface area contributed by atoms with E-state index in [4.69, 9.17) is 9.47 Å². The second-order valence-corrected chi connectivity index (χ2v) is 14.6. The number of nitrogens with zero attached hydrogens (tertiary/aromatic N) is 1. The lowest BCUT2D eigenvalue weighted by molar-refractivity contribution is 0.288. The molecule has 0 aromatic heterocycles. The Morgan fingerprint density at radius 3 is 1.06 bits per heavy atom. The Kier molecular flexibility index (Phi) is 32.4. The van der Waals surface area contributed by atoms with Crippen molar-refractivity contribution in [2.24, 2.45) is 0 Å². The van der Waals surface area contributed by atoms with Gasteiger partial charge in [-0.1, -0.05) is 154 Å². The van der Waals surface area contributed by atoms with Crippen molar-refractivity contribution in [3.63, 3.8) is 0 Å². The maximum atomic E-state index is 6.21.